The summed E-state index contributed by atoms with van der Waals surface area (Å²) in [6, 6.07) is 16.5. The summed E-state index contributed by atoms with van der Waals surface area (Å²) in [5.41, 5.74) is 4.80. The summed E-state index contributed by atoms with van der Waals surface area (Å²) >= 11 is 1.63. The Morgan fingerprint density at radius 3 is 2.57 bits per heavy atom. The Labute approximate surface area is 170 Å². The first kappa shape index (κ1) is 18.9. The number of thiazole rings is 1. The van der Waals surface area contributed by atoms with Gasteiger partial charge in [-0.05, 0) is 36.5 Å². The molecule has 1 saturated carbocycles. The molecule has 1 aromatic heterocycles. The highest BCUT2D eigenvalue weighted by Gasteiger charge is 2.21. The van der Waals surface area contributed by atoms with Crippen molar-refractivity contribution in [1.82, 2.24) is 4.98 Å². The Balaban J connectivity index is 1.52. The van der Waals surface area contributed by atoms with Gasteiger partial charge in [0.15, 0.2) is 0 Å². The van der Waals surface area contributed by atoms with Gasteiger partial charge in [-0.1, -0.05) is 68.7 Å². The molecule has 3 nitrogen and oxygen atoms in total. The number of hydrogen-bond acceptors (Lipinski definition) is 3. The summed E-state index contributed by atoms with van der Waals surface area (Å²) in [7, 11) is 0. The standard InChI is InChI=1S/C24H26N2OS/c1-2-17-12-14-18(15-13-17)20-10-6-7-11-21(20)25-23(27)22-16-28-24(26-22)19-8-4-3-5-9-19/h6-7,10-16,19H,2-5,8-9H2,1H3,(H,25,27). The van der Waals surface area contributed by atoms with Crippen molar-refractivity contribution in [2.75, 3.05) is 5.32 Å². The van der Waals surface area contributed by atoms with Gasteiger partial charge in [-0.15, -0.1) is 11.3 Å². The monoisotopic (exact) mass is 390 g/mol. The van der Waals surface area contributed by atoms with Crippen LogP contribution in [0, 0.1) is 0 Å². The van der Waals surface area contributed by atoms with E-state index in [0.29, 0.717) is 11.6 Å². The number of carbonyl (C=O) groups excluding carboxylic acids is 1. The summed E-state index contributed by atoms with van der Waals surface area (Å²) in [6.07, 6.45) is 7.29. The molecule has 1 N–H and O–H groups in total. The van der Waals surface area contributed by atoms with Gasteiger partial charge in [0.25, 0.3) is 5.91 Å². The number of benzene rings is 2. The molecule has 28 heavy (non-hydrogen) atoms. The quantitative estimate of drug-likeness (QED) is 0.528. The van der Waals surface area contributed by atoms with E-state index >= 15 is 0 Å². The molecule has 1 aliphatic carbocycles. The summed E-state index contributed by atoms with van der Waals surface area (Å²) < 4.78 is 0. The SMILES string of the molecule is CCc1ccc(-c2ccccc2NC(=O)c2csc(C3CCCCC3)n2)cc1. The van der Waals surface area contributed by atoms with E-state index in [1.807, 2.05) is 29.6 Å². The van der Waals surface area contributed by atoms with Crippen LogP contribution < -0.4 is 5.32 Å². The third kappa shape index (κ3) is 4.17. The minimum Gasteiger partial charge on any atom is -0.320 e. The maximum Gasteiger partial charge on any atom is 0.275 e. The Bertz CT molecular complexity index is 939. The summed E-state index contributed by atoms with van der Waals surface area (Å²) in [6.45, 7) is 2.15. The highest BCUT2D eigenvalue weighted by molar-refractivity contribution is 7.10. The molecule has 144 valence electrons. The van der Waals surface area contributed by atoms with E-state index in [-0.39, 0.29) is 5.91 Å². The predicted octanol–water partition coefficient (Wildman–Crippen LogP) is 6.67. The minimum atomic E-state index is -0.129. The zero-order valence-corrected chi connectivity index (χ0v) is 17.1. The van der Waals surface area contributed by atoms with Gasteiger partial charge >= 0.3 is 0 Å². The van der Waals surface area contributed by atoms with E-state index in [4.69, 9.17) is 0 Å². The lowest BCUT2D eigenvalue weighted by molar-refractivity contribution is 0.102. The number of carbonyl (C=O) groups is 1. The first-order valence-corrected chi connectivity index (χ1v) is 11.1. The van der Waals surface area contributed by atoms with Crippen molar-refractivity contribution < 1.29 is 4.79 Å². The number of rotatable bonds is 5. The van der Waals surface area contributed by atoms with Crippen LogP contribution in [-0.4, -0.2) is 10.9 Å². The van der Waals surface area contributed by atoms with Crippen molar-refractivity contribution in [3.8, 4) is 11.1 Å². The largest absolute Gasteiger partial charge is 0.320 e. The average Bonchev–Trinajstić information content (AvgIpc) is 3.25. The first-order chi connectivity index (χ1) is 13.7. The molecule has 4 rings (SSSR count). The Kier molecular flexibility index (Phi) is 5.87. The third-order valence-electron chi connectivity index (χ3n) is 5.56. The minimum absolute atomic E-state index is 0.129. The van der Waals surface area contributed by atoms with Gasteiger partial charge < -0.3 is 5.32 Å². The van der Waals surface area contributed by atoms with Crippen LogP contribution >= 0.6 is 11.3 Å². The molecular formula is C24H26N2OS. The molecule has 0 saturated heterocycles. The van der Waals surface area contributed by atoms with E-state index < -0.39 is 0 Å². The fraction of sp³-hybridized carbons (Fsp3) is 0.333. The maximum atomic E-state index is 12.8. The maximum absolute atomic E-state index is 12.8. The zero-order chi connectivity index (χ0) is 19.3. The van der Waals surface area contributed by atoms with Crippen LogP contribution in [-0.2, 0) is 6.42 Å². The molecule has 0 atom stereocenters. The normalized spacial score (nSPS) is 14.8. The van der Waals surface area contributed by atoms with E-state index in [2.05, 4.69) is 41.5 Å². The van der Waals surface area contributed by atoms with Gasteiger partial charge in [-0.25, -0.2) is 4.98 Å². The van der Waals surface area contributed by atoms with E-state index in [0.717, 1.165) is 28.2 Å². The van der Waals surface area contributed by atoms with Crippen molar-refractivity contribution in [1.29, 1.82) is 0 Å². The average molecular weight is 391 g/mol. The van der Waals surface area contributed by atoms with Crippen LogP contribution in [0.15, 0.2) is 53.9 Å². The van der Waals surface area contributed by atoms with Crippen molar-refractivity contribution in [2.24, 2.45) is 0 Å². The molecule has 2 aromatic carbocycles. The number of nitrogens with one attached hydrogen (secondary N) is 1. The van der Waals surface area contributed by atoms with Crippen LogP contribution in [0.5, 0.6) is 0 Å². The van der Waals surface area contributed by atoms with E-state index in [9.17, 15) is 4.79 Å². The third-order valence-corrected chi connectivity index (χ3v) is 6.56. The Morgan fingerprint density at radius 1 is 1.07 bits per heavy atom. The lowest BCUT2D eigenvalue weighted by Crippen LogP contribution is -2.13. The lowest BCUT2D eigenvalue weighted by atomic mass is 9.90. The molecule has 1 aliphatic rings. The first-order valence-electron chi connectivity index (χ1n) is 10.2. The van der Waals surface area contributed by atoms with Crippen molar-refractivity contribution >= 4 is 22.9 Å². The van der Waals surface area contributed by atoms with Crippen molar-refractivity contribution in [3.05, 3.63) is 70.2 Å². The number of amides is 1. The summed E-state index contributed by atoms with van der Waals surface area (Å²) in [5, 5.41) is 6.09. The lowest BCUT2D eigenvalue weighted by Gasteiger charge is -2.18. The van der Waals surface area contributed by atoms with Crippen LogP contribution in [0.3, 0.4) is 0 Å². The van der Waals surface area contributed by atoms with Gasteiger partial charge in [0, 0.05) is 22.5 Å². The Morgan fingerprint density at radius 2 is 1.82 bits per heavy atom. The summed E-state index contributed by atoms with van der Waals surface area (Å²) in [5.74, 6) is 0.403. The molecule has 1 fully saturated rings. The van der Waals surface area contributed by atoms with Crippen molar-refractivity contribution in [3.63, 3.8) is 0 Å². The highest BCUT2D eigenvalue weighted by atomic mass is 32.1. The fourth-order valence-electron chi connectivity index (χ4n) is 3.88. The number of aromatic nitrogens is 1. The number of nitrogens with zero attached hydrogens (tertiary/aromatic N) is 1. The molecule has 1 heterocycles. The number of hydrogen-bond donors (Lipinski definition) is 1. The molecule has 0 unspecified atom stereocenters. The molecule has 4 heteroatoms. The second-order valence-corrected chi connectivity index (χ2v) is 8.35. The zero-order valence-electron chi connectivity index (χ0n) is 16.3. The van der Waals surface area contributed by atoms with Crippen LogP contribution in [0.2, 0.25) is 0 Å². The van der Waals surface area contributed by atoms with Crippen LogP contribution in [0.25, 0.3) is 11.1 Å². The van der Waals surface area contributed by atoms with E-state index in [1.165, 1.54) is 37.7 Å². The smallest absolute Gasteiger partial charge is 0.275 e. The number of anilines is 1. The van der Waals surface area contributed by atoms with E-state index in [1.54, 1.807) is 11.3 Å². The molecular weight excluding hydrogens is 364 g/mol. The highest BCUT2D eigenvalue weighted by Crippen LogP contribution is 2.34. The molecule has 0 bridgehead atoms. The molecule has 0 spiro atoms. The number of aryl methyl sites for hydroxylation is 1. The number of para-hydroxylation sites is 1. The van der Waals surface area contributed by atoms with Crippen molar-refractivity contribution in [2.45, 2.75) is 51.4 Å². The van der Waals surface area contributed by atoms with Gasteiger partial charge in [0.05, 0.1) is 5.01 Å². The Hall–Kier alpha value is -2.46. The van der Waals surface area contributed by atoms with Gasteiger partial charge in [0.2, 0.25) is 0 Å². The van der Waals surface area contributed by atoms with Gasteiger partial charge in [-0.3, -0.25) is 4.79 Å². The van der Waals surface area contributed by atoms with Crippen LogP contribution in [0.1, 0.15) is 66.0 Å². The van der Waals surface area contributed by atoms with Crippen LogP contribution in [0.4, 0.5) is 5.69 Å². The molecule has 1 amide bonds. The summed E-state index contributed by atoms with van der Waals surface area (Å²) in [4.78, 5) is 17.5. The molecule has 0 radical (unpaired) electrons. The second-order valence-electron chi connectivity index (χ2n) is 7.46. The van der Waals surface area contributed by atoms with Gasteiger partial charge in [-0.2, -0.15) is 0 Å². The van der Waals surface area contributed by atoms with Gasteiger partial charge in [0.1, 0.15) is 5.69 Å². The molecule has 0 aliphatic heterocycles. The second kappa shape index (κ2) is 8.70. The predicted molar refractivity (Wildman–Crippen MR) is 117 cm³/mol. The molecule has 3 aromatic rings. The fourth-order valence-corrected chi connectivity index (χ4v) is 4.85. The topological polar surface area (TPSA) is 42.0 Å².